The van der Waals surface area contributed by atoms with Gasteiger partial charge >= 0.3 is 5.97 Å². The maximum Gasteiger partial charge on any atom is 0.305 e. The van der Waals surface area contributed by atoms with E-state index in [2.05, 4.69) is 39.6 Å². The maximum absolute atomic E-state index is 11.7. The second-order valence-electron chi connectivity index (χ2n) is 7.30. The van der Waals surface area contributed by atoms with Crippen LogP contribution in [-0.2, 0) is 16.1 Å². The number of amides is 1. The SMILES string of the molecule is CN(Cc1cccc(C=NN=C2NC(=O)C(CC(=O)O)S2)c1)C1CCCCC1. The molecule has 2 N–H and O–H groups in total. The fourth-order valence-electron chi connectivity index (χ4n) is 3.60. The molecule has 0 aromatic heterocycles. The molecular formula is C20H26N4O3S. The third-order valence-corrected chi connectivity index (χ3v) is 6.15. The molecule has 1 saturated heterocycles. The van der Waals surface area contributed by atoms with Gasteiger partial charge in [-0.2, -0.15) is 5.10 Å². The van der Waals surface area contributed by atoms with Crippen LogP contribution in [0.25, 0.3) is 0 Å². The Labute approximate surface area is 169 Å². The highest BCUT2D eigenvalue weighted by molar-refractivity contribution is 8.15. The van der Waals surface area contributed by atoms with Gasteiger partial charge in [0.05, 0.1) is 12.6 Å². The molecule has 1 aromatic carbocycles. The molecule has 1 unspecified atom stereocenters. The number of carboxylic acids is 1. The summed E-state index contributed by atoms with van der Waals surface area (Å²) in [7, 11) is 2.19. The second-order valence-corrected chi connectivity index (χ2v) is 8.49. The van der Waals surface area contributed by atoms with Crippen molar-refractivity contribution in [2.45, 2.75) is 56.4 Å². The maximum atomic E-state index is 11.7. The lowest BCUT2D eigenvalue weighted by molar-refractivity contribution is -0.138. The van der Waals surface area contributed by atoms with Crippen LogP contribution in [0.2, 0.25) is 0 Å². The quantitative estimate of drug-likeness (QED) is 0.540. The van der Waals surface area contributed by atoms with Crippen molar-refractivity contribution >= 4 is 35.0 Å². The van der Waals surface area contributed by atoms with Gasteiger partial charge in [-0.05, 0) is 37.1 Å². The molecule has 150 valence electrons. The molecule has 3 rings (SSSR count). The lowest BCUT2D eigenvalue weighted by Gasteiger charge is -2.31. The molecule has 28 heavy (non-hydrogen) atoms. The Bertz CT molecular complexity index is 774. The Morgan fingerprint density at radius 1 is 1.36 bits per heavy atom. The molecule has 8 heteroatoms. The Morgan fingerprint density at radius 3 is 2.89 bits per heavy atom. The van der Waals surface area contributed by atoms with Crippen LogP contribution in [0.3, 0.4) is 0 Å². The Hall–Kier alpha value is -2.19. The normalized spacial score (nSPS) is 22.3. The van der Waals surface area contributed by atoms with E-state index in [1.54, 1.807) is 6.21 Å². The standard InChI is InChI=1S/C20H26N4O3S/c1-24(16-8-3-2-4-9-16)13-15-7-5-6-14(10-15)12-21-23-20-22-19(27)17(28-20)11-18(25)26/h5-7,10,12,16-17H,2-4,8-9,11,13H2,1H3,(H,25,26)(H,22,23,27). The highest BCUT2D eigenvalue weighted by atomic mass is 32.2. The Balaban J connectivity index is 1.56. The first kappa shape index (κ1) is 20.5. The molecule has 1 aliphatic heterocycles. The lowest BCUT2D eigenvalue weighted by atomic mass is 9.94. The van der Waals surface area contributed by atoms with Gasteiger partial charge in [0.15, 0.2) is 5.17 Å². The van der Waals surface area contributed by atoms with E-state index in [1.165, 1.54) is 37.7 Å². The topological polar surface area (TPSA) is 94.4 Å². The smallest absolute Gasteiger partial charge is 0.305 e. The highest BCUT2D eigenvalue weighted by Crippen LogP contribution is 2.23. The van der Waals surface area contributed by atoms with E-state index in [-0.39, 0.29) is 12.3 Å². The van der Waals surface area contributed by atoms with E-state index in [9.17, 15) is 9.59 Å². The van der Waals surface area contributed by atoms with E-state index in [1.807, 2.05) is 12.1 Å². The third-order valence-electron chi connectivity index (χ3n) is 5.07. The molecular weight excluding hydrogens is 376 g/mol. The van der Waals surface area contributed by atoms with Gasteiger partial charge < -0.3 is 10.4 Å². The molecule has 1 aromatic rings. The minimum absolute atomic E-state index is 0.226. The van der Waals surface area contributed by atoms with Crippen LogP contribution in [-0.4, -0.2) is 51.6 Å². The summed E-state index contributed by atoms with van der Waals surface area (Å²) in [6.45, 7) is 0.906. The average molecular weight is 403 g/mol. The number of hydrogen-bond donors (Lipinski definition) is 2. The third kappa shape index (κ3) is 5.90. The van der Waals surface area contributed by atoms with Gasteiger partial charge in [0.25, 0.3) is 0 Å². The molecule has 2 fully saturated rings. The van der Waals surface area contributed by atoms with Crippen molar-refractivity contribution in [1.29, 1.82) is 0 Å². The average Bonchev–Trinajstić information content (AvgIpc) is 3.01. The lowest BCUT2D eigenvalue weighted by Crippen LogP contribution is -2.32. The van der Waals surface area contributed by atoms with E-state index < -0.39 is 11.2 Å². The molecule has 1 aliphatic carbocycles. The minimum atomic E-state index is -1.01. The van der Waals surface area contributed by atoms with Gasteiger partial charge in [0.2, 0.25) is 5.91 Å². The van der Waals surface area contributed by atoms with E-state index in [0.29, 0.717) is 11.2 Å². The van der Waals surface area contributed by atoms with E-state index in [4.69, 9.17) is 5.11 Å². The van der Waals surface area contributed by atoms with Crippen LogP contribution < -0.4 is 5.32 Å². The fourth-order valence-corrected chi connectivity index (χ4v) is 4.52. The van der Waals surface area contributed by atoms with E-state index >= 15 is 0 Å². The van der Waals surface area contributed by atoms with Crippen LogP contribution in [0.5, 0.6) is 0 Å². The molecule has 0 spiro atoms. The number of rotatable bonds is 7. The summed E-state index contributed by atoms with van der Waals surface area (Å²) < 4.78 is 0. The van der Waals surface area contributed by atoms with Gasteiger partial charge in [-0.15, -0.1) is 5.10 Å². The van der Waals surface area contributed by atoms with Crippen LogP contribution in [0, 0.1) is 0 Å². The summed E-state index contributed by atoms with van der Waals surface area (Å²) >= 11 is 1.10. The number of carboxylic acid groups (broad SMARTS) is 1. The van der Waals surface area contributed by atoms with E-state index in [0.717, 1.165) is 23.9 Å². The summed E-state index contributed by atoms with van der Waals surface area (Å²) in [5, 5.41) is 19.1. The fraction of sp³-hybridized carbons (Fsp3) is 0.500. The number of benzene rings is 1. The van der Waals surface area contributed by atoms with Crippen LogP contribution in [0.1, 0.15) is 49.7 Å². The van der Waals surface area contributed by atoms with Crippen LogP contribution in [0.4, 0.5) is 0 Å². The second kappa shape index (κ2) is 9.84. The highest BCUT2D eigenvalue weighted by Gasteiger charge is 2.32. The molecule has 0 bridgehead atoms. The number of carbonyl (C=O) groups is 2. The molecule has 1 amide bonds. The number of nitrogens with one attached hydrogen (secondary N) is 1. The van der Waals surface area contributed by atoms with Crippen molar-refractivity contribution in [3.05, 3.63) is 35.4 Å². The first-order valence-corrected chi connectivity index (χ1v) is 10.5. The van der Waals surface area contributed by atoms with Gasteiger partial charge in [-0.25, -0.2) is 0 Å². The van der Waals surface area contributed by atoms with Crippen molar-refractivity contribution in [1.82, 2.24) is 10.2 Å². The summed E-state index contributed by atoms with van der Waals surface area (Å²) in [6.07, 6.45) is 7.98. The zero-order valence-corrected chi connectivity index (χ0v) is 16.8. The molecule has 1 heterocycles. The van der Waals surface area contributed by atoms with Gasteiger partial charge in [0, 0.05) is 12.6 Å². The van der Waals surface area contributed by atoms with Crippen molar-refractivity contribution < 1.29 is 14.7 Å². The van der Waals surface area contributed by atoms with Crippen LogP contribution >= 0.6 is 11.8 Å². The molecule has 1 saturated carbocycles. The predicted octanol–water partition coefficient (Wildman–Crippen LogP) is 2.85. The van der Waals surface area contributed by atoms with Crippen molar-refractivity contribution in [2.75, 3.05) is 7.05 Å². The zero-order chi connectivity index (χ0) is 19.9. The number of carbonyl (C=O) groups excluding carboxylic acids is 1. The van der Waals surface area contributed by atoms with Gasteiger partial charge in [-0.3, -0.25) is 14.5 Å². The minimum Gasteiger partial charge on any atom is -0.481 e. The molecule has 0 radical (unpaired) electrons. The number of hydrogen-bond acceptors (Lipinski definition) is 6. The number of amidine groups is 1. The largest absolute Gasteiger partial charge is 0.481 e. The molecule has 1 atom stereocenters. The molecule has 7 nitrogen and oxygen atoms in total. The summed E-state index contributed by atoms with van der Waals surface area (Å²) in [5.41, 5.74) is 2.17. The Kier molecular flexibility index (Phi) is 7.22. The van der Waals surface area contributed by atoms with Crippen LogP contribution in [0.15, 0.2) is 34.5 Å². The first-order valence-electron chi connectivity index (χ1n) is 9.61. The summed E-state index contributed by atoms with van der Waals surface area (Å²) in [5.74, 6) is -1.35. The summed E-state index contributed by atoms with van der Waals surface area (Å²) in [4.78, 5) is 24.9. The number of nitrogens with zero attached hydrogens (tertiary/aromatic N) is 3. The van der Waals surface area contributed by atoms with Crippen molar-refractivity contribution in [3.63, 3.8) is 0 Å². The van der Waals surface area contributed by atoms with Gasteiger partial charge in [0.1, 0.15) is 5.25 Å². The number of thioether (sulfide) groups is 1. The first-order chi connectivity index (χ1) is 13.5. The number of aliphatic carboxylic acids is 1. The van der Waals surface area contributed by atoms with Crippen molar-refractivity contribution in [2.24, 2.45) is 10.2 Å². The van der Waals surface area contributed by atoms with Gasteiger partial charge in [-0.1, -0.05) is 49.2 Å². The monoisotopic (exact) mass is 402 g/mol. The van der Waals surface area contributed by atoms with Crippen molar-refractivity contribution in [3.8, 4) is 0 Å². The Morgan fingerprint density at radius 2 is 2.14 bits per heavy atom. The molecule has 2 aliphatic rings. The predicted molar refractivity (Wildman–Crippen MR) is 112 cm³/mol. The summed E-state index contributed by atoms with van der Waals surface area (Å²) in [6, 6.07) is 8.84. The zero-order valence-electron chi connectivity index (χ0n) is 16.0.